The molecule has 13 heteroatoms. The van der Waals surface area contributed by atoms with Crippen LogP contribution in [0.5, 0.6) is 5.75 Å². The van der Waals surface area contributed by atoms with Crippen molar-refractivity contribution in [2.24, 2.45) is 16.5 Å². The highest BCUT2D eigenvalue weighted by atomic mass is 35.5. The summed E-state index contributed by atoms with van der Waals surface area (Å²) >= 11 is 5.86. The van der Waals surface area contributed by atoms with Gasteiger partial charge < -0.3 is 21.9 Å². The van der Waals surface area contributed by atoms with E-state index in [-0.39, 0.29) is 28.7 Å². The van der Waals surface area contributed by atoms with Crippen LogP contribution >= 0.6 is 11.6 Å². The first-order chi connectivity index (χ1) is 17.3. The van der Waals surface area contributed by atoms with E-state index in [9.17, 15) is 31.9 Å². The minimum Gasteiger partial charge on any atom is -0.505 e. The maximum atomic E-state index is 13.8. The molecule has 0 heterocycles. The average molecular weight is 542 g/mol. The first-order valence-electron chi connectivity index (χ1n) is 10.6. The van der Waals surface area contributed by atoms with Crippen molar-refractivity contribution in [3.63, 3.8) is 0 Å². The van der Waals surface area contributed by atoms with Crippen LogP contribution in [-0.4, -0.2) is 23.1 Å². The molecule has 0 aliphatic carbocycles. The third-order valence-corrected chi connectivity index (χ3v) is 5.24. The van der Waals surface area contributed by atoms with Crippen molar-refractivity contribution < 1.29 is 31.9 Å². The number of rotatable bonds is 6. The van der Waals surface area contributed by atoms with Gasteiger partial charge in [0.15, 0.2) is 11.6 Å². The van der Waals surface area contributed by atoms with E-state index in [2.05, 4.69) is 15.6 Å². The third kappa shape index (κ3) is 7.87. The van der Waals surface area contributed by atoms with Gasteiger partial charge in [0.05, 0.1) is 5.56 Å². The number of amides is 1. The molecule has 37 heavy (non-hydrogen) atoms. The lowest BCUT2D eigenvalue weighted by Crippen LogP contribution is -2.38. The van der Waals surface area contributed by atoms with Crippen LogP contribution in [0.3, 0.4) is 0 Å². The summed E-state index contributed by atoms with van der Waals surface area (Å²) in [6, 6.07) is 9.63. The minimum atomic E-state index is -4.58. The van der Waals surface area contributed by atoms with Crippen molar-refractivity contribution in [3.8, 4) is 5.75 Å². The van der Waals surface area contributed by atoms with Crippen LogP contribution in [-0.2, 0) is 6.18 Å². The molecule has 0 bridgehead atoms. The zero-order valence-electron chi connectivity index (χ0n) is 18.9. The van der Waals surface area contributed by atoms with Crippen molar-refractivity contribution in [2.45, 2.75) is 24.8 Å². The van der Waals surface area contributed by atoms with Crippen LogP contribution in [0, 0.1) is 11.6 Å². The van der Waals surface area contributed by atoms with Crippen LogP contribution in [0.25, 0.3) is 0 Å². The second-order valence-corrected chi connectivity index (χ2v) is 8.35. The number of guanidine groups is 1. The number of nitrogens with two attached hydrogens (primary N) is 2. The molecule has 2 atom stereocenters. The molecule has 0 aliphatic heterocycles. The number of alkyl halides is 3. The summed E-state index contributed by atoms with van der Waals surface area (Å²) in [5.74, 6) is -3.23. The first-order valence-corrected chi connectivity index (χ1v) is 11.0. The lowest BCUT2D eigenvalue weighted by molar-refractivity contribution is -0.137. The Kier molecular flexibility index (Phi) is 8.69. The summed E-state index contributed by atoms with van der Waals surface area (Å²) in [5, 5.41) is 14.4. The smallest absolute Gasteiger partial charge is 0.416 e. The molecule has 2 unspecified atom stereocenters. The van der Waals surface area contributed by atoms with Gasteiger partial charge in [-0.1, -0.05) is 17.7 Å². The number of benzene rings is 3. The molecule has 1 amide bonds. The number of nitrogens with zero attached hydrogens (tertiary/aromatic N) is 1. The quantitative estimate of drug-likeness (QED) is 0.172. The number of carbonyl (C=O) groups is 1. The number of carbonyl (C=O) groups excluding carboxylic acids is 1. The van der Waals surface area contributed by atoms with Crippen molar-refractivity contribution in [1.29, 1.82) is 0 Å². The fourth-order valence-electron chi connectivity index (χ4n) is 3.22. The first kappa shape index (κ1) is 27.8. The molecule has 7 N–H and O–H groups in total. The van der Waals surface area contributed by atoms with Crippen molar-refractivity contribution in [1.82, 2.24) is 5.32 Å². The molecule has 0 radical (unpaired) electrons. The van der Waals surface area contributed by atoms with Gasteiger partial charge in [-0.25, -0.2) is 13.8 Å². The predicted molar refractivity (Wildman–Crippen MR) is 129 cm³/mol. The number of phenolic OH excluding ortho intramolecular Hbond substituents is 1. The second-order valence-electron chi connectivity index (χ2n) is 7.91. The number of nitrogens with one attached hydrogen (secondary N) is 2. The Bertz CT molecular complexity index is 1280. The molecule has 7 nitrogen and oxygen atoms in total. The van der Waals surface area contributed by atoms with Crippen molar-refractivity contribution >= 4 is 29.2 Å². The van der Waals surface area contributed by atoms with Gasteiger partial charge in [-0.2, -0.15) is 13.2 Å². The van der Waals surface area contributed by atoms with Crippen LogP contribution in [0.2, 0.25) is 5.02 Å². The van der Waals surface area contributed by atoms with Crippen LogP contribution in [0.15, 0.2) is 65.7 Å². The fourth-order valence-corrected chi connectivity index (χ4v) is 3.44. The predicted octanol–water partition coefficient (Wildman–Crippen LogP) is 4.92. The zero-order chi connectivity index (χ0) is 27.3. The Morgan fingerprint density at radius 2 is 1.70 bits per heavy atom. The molecular formula is C24H21ClF5N5O2. The van der Waals surface area contributed by atoms with Crippen molar-refractivity contribution in [3.05, 3.63) is 94.0 Å². The zero-order valence-corrected chi connectivity index (χ0v) is 19.6. The number of halogens is 6. The second kappa shape index (κ2) is 11.5. The average Bonchev–Trinajstić information content (AvgIpc) is 2.79. The normalized spacial score (nSPS) is 13.7. The van der Waals surface area contributed by atoms with Gasteiger partial charge in [0.2, 0.25) is 5.96 Å². The summed E-state index contributed by atoms with van der Waals surface area (Å²) in [4.78, 5) is 16.8. The Morgan fingerprint density at radius 3 is 2.30 bits per heavy atom. The van der Waals surface area contributed by atoms with Gasteiger partial charge in [0.1, 0.15) is 12.0 Å². The molecule has 0 saturated carbocycles. The highest BCUT2D eigenvalue weighted by Crippen LogP contribution is 2.29. The molecule has 0 spiro atoms. The van der Waals surface area contributed by atoms with Gasteiger partial charge in [0.25, 0.3) is 5.91 Å². The lowest BCUT2D eigenvalue weighted by atomic mass is 10.0. The minimum absolute atomic E-state index is 0.0385. The fraction of sp³-hybridized carbons (Fsp3) is 0.167. The Morgan fingerprint density at radius 1 is 1.03 bits per heavy atom. The number of aliphatic imine (C=N–C) groups is 1. The maximum Gasteiger partial charge on any atom is 0.416 e. The topological polar surface area (TPSA) is 126 Å². The van der Waals surface area contributed by atoms with Gasteiger partial charge >= 0.3 is 6.18 Å². The Hall–Kier alpha value is -3.74. The number of anilines is 1. The number of aromatic hydroxyl groups is 1. The number of hydrogen-bond donors (Lipinski definition) is 5. The summed E-state index contributed by atoms with van der Waals surface area (Å²) in [6.07, 6.45) is -5.70. The van der Waals surface area contributed by atoms with E-state index in [1.807, 2.05) is 0 Å². The molecule has 196 valence electrons. The van der Waals surface area contributed by atoms with Crippen LogP contribution in [0.4, 0.5) is 27.6 Å². The maximum absolute atomic E-state index is 13.8. The van der Waals surface area contributed by atoms with E-state index in [0.717, 1.165) is 48.5 Å². The Balaban J connectivity index is 1.83. The molecule has 3 aromatic rings. The standard InChI is InChI=1S/C24H21ClF5N5O2/c25-15-8-16(26)10-17(9-15)33-23(35-22(37)12-1-4-14(5-2-12)24(28,29)30)34-21(32)11-19(31)13-3-6-20(36)18(27)7-13/h1-10,19,21,36H,11,31-32H2,(H2,33,34,35,37). The molecule has 3 rings (SSSR count). The van der Waals surface area contributed by atoms with Gasteiger partial charge in [0, 0.05) is 28.7 Å². The number of hydrogen-bond acceptors (Lipinski definition) is 5. The monoisotopic (exact) mass is 541 g/mol. The summed E-state index contributed by atoms with van der Waals surface area (Å²) in [5.41, 5.74) is 11.5. The van der Waals surface area contributed by atoms with E-state index in [0.29, 0.717) is 5.56 Å². The van der Waals surface area contributed by atoms with E-state index >= 15 is 0 Å². The third-order valence-electron chi connectivity index (χ3n) is 5.02. The number of phenols is 1. The SMILES string of the molecule is NC(CC(N)c1ccc(O)c(F)c1)N=C(NC(=O)c1ccc(C(F)(F)F)cc1)Nc1cc(F)cc(Cl)c1. The summed E-state index contributed by atoms with van der Waals surface area (Å²) < 4.78 is 65.9. The van der Waals surface area contributed by atoms with E-state index < -0.39 is 47.2 Å². The summed E-state index contributed by atoms with van der Waals surface area (Å²) in [7, 11) is 0. The molecule has 3 aromatic carbocycles. The van der Waals surface area contributed by atoms with Gasteiger partial charge in [-0.05, 0) is 60.2 Å². The van der Waals surface area contributed by atoms with E-state index in [1.54, 1.807) is 0 Å². The molecule has 0 aliphatic rings. The van der Waals surface area contributed by atoms with Gasteiger partial charge in [-0.3, -0.25) is 10.1 Å². The van der Waals surface area contributed by atoms with Crippen LogP contribution in [0.1, 0.15) is 33.9 Å². The highest BCUT2D eigenvalue weighted by molar-refractivity contribution is 6.31. The lowest BCUT2D eigenvalue weighted by Gasteiger charge is -2.18. The Labute approximate surface area is 212 Å². The largest absolute Gasteiger partial charge is 0.505 e. The molecular weight excluding hydrogens is 521 g/mol. The molecule has 0 aromatic heterocycles. The molecule has 0 fully saturated rings. The molecule has 0 saturated heterocycles. The van der Waals surface area contributed by atoms with E-state index in [1.165, 1.54) is 12.1 Å². The van der Waals surface area contributed by atoms with Gasteiger partial charge in [-0.15, -0.1) is 0 Å². The van der Waals surface area contributed by atoms with Crippen LogP contribution < -0.4 is 22.1 Å². The van der Waals surface area contributed by atoms with E-state index in [4.69, 9.17) is 23.1 Å². The summed E-state index contributed by atoms with van der Waals surface area (Å²) in [6.45, 7) is 0. The van der Waals surface area contributed by atoms with Crippen molar-refractivity contribution in [2.75, 3.05) is 5.32 Å². The highest BCUT2D eigenvalue weighted by Gasteiger charge is 2.30.